The summed E-state index contributed by atoms with van der Waals surface area (Å²) in [6, 6.07) is 16.1. The summed E-state index contributed by atoms with van der Waals surface area (Å²) in [6.45, 7) is 8.92. The van der Waals surface area contributed by atoms with Crippen LogP contribution < -0.4 is 21.5 Å². The van der Waals surface area contributed by atoms with Gasteiger partial charge in [-0.3, -0.25) is 14.6 Å². The van der Waals surface area contributed by atoms with Gasteiger partial charge in [0.15, 0.2) is 22.5 Å². The van der Waals surface area contributed by atoms with Gasteiger partial charge in [0.25, 0.3) is 11.8 Å². The molecule has 0 unspecified atom stereocenters. The highest BCUT2D eigenvalue weighted by Crippen LogP contribution is 2.36. The maximum absolute atomic E-state index is 13.7. The van der Waals surface area contributed by atoms with Crippen LogP contribution in [0.15, 0.2) is 59.7 Å². The minimum Gasteiger partial charge on any atom is -0.492 e. The summed E-state index contributed by atoms with van der Waals surface area (Å²) in [5, 5.41) is 3.65. The van der Waals surface area contributed by atoms with Crippen molar-refractivity contribution in [3.8, 4) is 5.75 Å². The Balaban J connectivity index is 1.06. The van der Waals surface area contributed by atoms with Crippen LogP contribution in [0.2, 0.25) is 5.15 Å². The number of carbonyl (C=O) groups is 2. The number of likely N-dealkylation sites (tertiary alicyclic amines) is 1. The van der Waals surface area contributed by atoms with Gasteiger partial charge in [0.1, 0.15) is 18.2 Å². The van der Waals surface area contributed by atoms with Gasteiger partial charge in [0.05, 0.1) is 12.1 Å². The lowest BCUT2D eigenvalue weighted by molar-refractivity contribution is 0.0675. The van der Waals surface area contributed by atoms with Crippen molar-refractivity contribution in [1.29, 1.82) is 0 Å². The fourth-order valence-electron chi connectivity index (χ4n) is 6.21. The van der Waals surface area contributed by atoms with Crippen molar-refractivity contribution in [3.05, 3.63) is 76.7 Å². The molecule has 2 aliphatic rings. The average Bonchev–Trinajstić information content (AvgIpc) is 3.62. The number of aliphatic imine (C=N–C) groups is 1. The first-order valence-corrected chi connectivity index (χ1v) is 15.9. The van der Waals surface area contributed by atoms with E-state index in [9.17, 15) is 9.59 Å². The van der Waals surface area contributed by atoms with Crippen molar-refractivity contribution in [2.75, 3.05) is 31.2 Å². The Hall–Kier alpha value is -4.64. The molecule has 5 N–H and O–H groups in total. The number of amidine groups is 1. The summed E-state index contributed by atoms with van der Waals surface area (Å²) < 4.78 is 8.16. The standard InChI is InChI=1S/C34H39ClN8O3/c1-33(2,3)21-7-9-22(10-8-21)46-20-19-42-16-12-23-24(5-4-6-25(23)42)32(45)43-17-14-34(15-18-43)13-11-26(41-34)38-31(44)27-29(36)40-30(37)28(35)39-27/h4-10,12,16H,11,13-15,17-20H2,1-3H3,(H4,36,37,40)(H,38,41,44). The number of nitrogens with two attached hydrogens (primary N) is 2. The molecule has 2 aromatic carbocycles. The molecule has 240 valence electrons. The fourth-order valence-corrected chi connectivity index (χ4v) is 6.34. The van der Waals surface area contributed by atoms with Crippen LogP contribution in [0.3, 0.4) is 0 Å². The molecule has 0 aliphatic carbocycles. The van der Waals surface area contributed by atoms with E-state index in [1.807, 2.05) is 47.5 Å². The maximum Gasteiger partial charge on any atom is 0.279 e. The van der Waals surface area contributed by atoms with Crippen LogP contribution in [-0.4, -0.2) is 62.3 Å². The zero-order chi connectivity index (χ0) is 32.6. The molecule has 2 aliphatic heterocycles. The Kier molecular flexibility index (Phi) is 8.37. The van der Waals surface area contributed by atoms with Crippen molar-refractivity contribution in [1.82, 2.24) is 24.8 Å². The quantitative estimate of drug-likeness (QED) is 0.260. The van der Waals surface area contributed by atoms with Gasteiger partial charge in [-0.15, -0.1) is 0 Å². The zero-order valence-electron chi connectivity index (χ0n) is 26.3. The number of ether oxygens (including phenoxy) is 1. The molecule has 46 heavy (non-hydrogen) atoms. The van der Waals surface area contributed by atoms with Gasteiger partial charge < -0.3 is 31.0 Å². The van der Waals surface area contributed by atoms with Crippen molar-refractivity contribution >= 4 is 51.8 Å². The van der Waals surface area contributed by atoms with E-state index in [1.165, 1.54) is 5.56 Å². The molecule has 0 bridgehead atoms. The lowest BCUT2D eigenvalue weighted by Crippen LogP contribution is -2.45. The average molecular weight is 643 g/mol. The number of hydrogen-bond donors (Lipinski definition) is 3. The summed E-state index contributed by atoms with van der Waals surface area (Å²) in [5.41, 5.74) is 14.1. The Labute approximate surface area is 273 Å². The third kappa shape index (κ3) is 6.37. The molecule has 2 aromatic heterocycles. The van der Waals surface area contributed by atoms with Crippen LogP contribution in [0.5, 0.6) is 5.75 Å². The normalized spacial score (nSPS) is 16.1. The molecule has 1 spiro atoms. The number of piperidine rings is 1. The van der Waals surface area contributed by atoms with Crippen LogP contribution in [0.4, 0.5) is 11.6 Å². The minimum atomic E-state index is -0.531. The minimum absolute atomic E-state index is 0.0122. The highest BCUT2D eigenvalue weighted by atomic mass is 35.5. The molecule has 0 saturated carbocycles. The number of anilines is 2. The van der Waals surface area contributed by atoms with Gasteiger partial charge in [-0.2, -0.15) is 0 Å². The number of benzene rings is 2. The molecule has 4 aromatic rings. The second kappa shape index (κ2) is 12.3. The summed E-state index contributed by atoms with van der Waals surface area (Å²) in [7, 11) is 0. The number of amides is 2. The van der Waals surface area contributed by atoms with E-state index < -0.39 is 5.91 Å². The number of carbonyl (C=O) groups excluding carboxylic acids is 2. The summed E-state index contributed by atoms with van der Waals surface area (Å²) in [6.07, 6.45) is 4.82. The Morgan fingerprint density at radius 3 is 2.46 bits per heavy atom. The molecule has 12 heteroatoms. The third-order valence-electron chi connectivity index (χ3n) is 8.92. The highest BCUT2D eigenvalue weighted by molar-refractivity contribution is 6.31. The third-order valence-corrected chi connectivity index (χ3v) is 9.20. The largest absolute Gasteiger partial charge is 0.492 e. The first kappa shape index (κ1) is 31.3. The van der Waals surface area contributed by atoms with Crippen LogP contribution >= 0.6 is 11.6 Å². The topological polar surface area (TPSA) is 154 Å². The van der Waals surface area contributed by atoms with Crippen molar-refractivity contribution in [3.63, 3.8) is 0 Å². The predicted octanol–water partition coefficient (Wildman–Crippen LogP) is 5.22. The van der Waals surface area contributed by atoms with Gasteiger partial charge in [0.2, 0.25) is 0 Å². The van der Waals surface area contributed by atoms with Crippen LogP contribution in [0.1, 0.15) is 72.9 Å². The Bertz CT molecular complexity index is 1820. The number of rotatable bonds is 6. The second-order valence-electron chi connectivity index (χ2n) is 13.0. The molecule has 0 radical (unpaired) electrons. The summed E-state index contributed by atoms with van der Waals surface area (Å²) >= 11 is 5.93. The number of nitrogens with zero attached hydrogens (tertiary/aromatic N) is 5. The molecule has 6 rings (SSSR count). The monoisotopic (exact) mass is 642 g/mol. The second-order valence-corrected chi connectivity index (χ2v) is 13.4. The molecule has 1 fully saturated rings. The molecule has 1 saturated heterocycles. The number of fused-ring (bicyclic) bond motifs is 1. The summed E-state index contributed by atoms with van der Waals surface area (Å²) in [5.74, 6) is 0.757. The van der Waals surface area contributed by atoms with Gasteiger partial charge in [-0.05, 0) is 60.6 Å². The molecule has 11 nitrogen and oxygen atoms in total. The number of hydrogen-bond acceptors (Lipinski definition) is 8. The van der Waals surface area contributed by atoms with E-state index in [4.69, 9.17) is 32.8 Å². The Morgan fingerprint density at radius 2 is 1.74 bits per heavy atom. The molecular formula is C34H39ClN8O3. The molecule has 2 amide bonds. The number of halogens is 1. The van der Waals surface area contributed by atoms with E-state index in [0.29, 0.717) is 56.9 Å². The molecular weight excluding hydrogens is 604 g/mol. The van der Waals surface area contributed by atoms with Gasteiger partial charge in [0, 0.05) is 42.2 Å². The maximum atomic E-state index is 13.7. The van der Waals surface area contributed by atoms with Gasteiger partial charge >= 0.3 is 0 Å². The summed E-state index contributed by atoms with van der Waals surface area (Å²) in [4.78, 5) is 41.1. The zero-order valence-corrected chi connectivity index (χ0v) is 27.1. The SMILES string of the molecule is CC(C)(C)c1ccc(OCCn2ccc3c(C(=O)N4CCC5(CCC(NC(=O)c6nc(Cl)c(N)nc6N)=N5)CC4)cccc32)cc1. The van der Waals surface area contributed by atoms with Crippen LogP contribution in [0, 0.1) is 0 Å². The van der Waals surface area contributed by atoms with Crippen LogP contribution in [0.25, 0.3) is 10.9 Å². The van der Waals surface area contributed by atoms with Crippen molar-refractivity contribution in [2.24, 2.45) is 4.99 Å². The van der Waals surface area contributed by atoms with Crippen molar-refractivity contribution < 1.29 is 14.3 Å². The lowest BCUT2D eigenvalue weighted by atomic mass is 9.85. The smallest absolute Gasteiger partial charge is 0.279 e. The van der Waals surface area contributed by atoms with Crippen molar-refractivity contribution in [2.45, 2.75) is 64.0 Å². The van der Waals surface area contributed by atoms with E-state index in [-0.39, 0.29) is 39.3 Å². The van der Waals surface area contributed by atoms with E-state index in [0.717, 1.165) is 23.1 Å². The first-order chi connectivity index (χ1) is 21.9. The van der Waals surface area contributed by atoms with E-state index in [2.05, 4.69) is 52.8 Å². The lowest BCUT2D eigenvalue weighted by Gasteiger charge is -2.37. The van der Waals surface area contributed by atoms with E-state index >= 15 is 0 Å². The number of nitrogen functional groups attached to an aromatic ring is 2. The molecule has 0 atom stereocenters. The Morgan fingerprint density at radius 1 is 1.00 bits per heavy atom. The molecule has 4 heterocycles. The van der Waals surface area contributed by atoms with Gasteiger partial charge in [-0.1, -0.05) is 50.6 Å². The van der Waals surface area contributed by atoms with E-state index in [1.54, 1.807) is 0 Å². The number of nitrogens with one attached hydrogen (secondary N) is 1. The fraction of sp³-hybridized carbons (Fsp3) is 0.382. The number of aromatic nitrogens is 3. The van der Waals surface area contributed by atoms with Crippen LogP contribution in [-0.2, 0) is 12.0 Å². The highest BCUT2D eigenvalue weighted by Gasteiger charge is 2.40. The first-order valence-electron chi connectivity index (χ1n) is 15.5. The predicted molar refractivity (Wildman–Crippen MR) is 180 cm³/mol. The van der Waals surface area contributed by atoms with Gasteiger partial charge in [-0.25, -0.2) is 9.97 Å².